The minimum Gasteiger partial charge on any atom is -0.309 e. The van der Waals surface area contributed by atoms with E-state index in [1.807, 2.05) is 6.07 Å². The maximum atomic E-state index is 12.7. The number of halogens is 1. The Morgan fingerprint density at radius 1 is 1.30 bits per heavy atom. The number of anilines is 1. The molecule has 30 heavy (non-hydrogen) atoms. The third-order valence-electron chi connectivity index (χ3n) is 5.39. The third kappa shape index (κ3) is 5.55. The van der Waals surface area contributed by atoms with Crippen molar-refractivity contribution < 1.29 is 13.2 Å². The first-order chi connectivity index (χ1) is 14.3. The number of nitrogens with one attached hydrogen (secondary N) is 1. The summed E-state index contributed by atoms with van der Waals surface area (Å²) in [6.07, 6.45) is 8.70. The Labute approximate surface area is 181 Å². The number of amides is 1. The van der Waals surface area contributed by atoms with Crippen LogP contribution in [0.2, 0.25) is 5.02 Å². The average Bonchev–Trinajstić information content (AvgIpc) is 3.21. The number of carbonyl (C=O) groups is 1. The van der Waals surface area contributed by atoms with Crippen LogP contribution in [0.4, 0.5) is 5.82 Å². The summed E-state index contributed by atoms with van der Waals surface area (Å²) in [5.41, 5.74) is 1.41. The molecule has 3 rings (SSSR count). The molecule has 0 bridgehead atoms. The Kier molecular flexibility index (Phi) is 7.06. The lowest BCUT2D eigenvalue weighted by Gasteiger charge is -2.24. The number of aromatic nitrogens is 2. The molecule has 7 nitrogen and oxygen atoms in total. The van der Waals surface area contributed by atoms with Crippen LogP contribution in [0.15, 0.2) is 35.5 Å². The van der Waals surface area contributed by atoms with Crippen molar-refractivity contribution in [3.63, 3.8) is 0 Å². The molecule has 0 radical (unpaired) electrons. The van der Waals surface area contributed by atoms with E-state index in [2.05, 4.69) is 15.3 Å². The van der Waals surface area contributed by atoms with Crippen LogP contribution >= 0.6 is 11.6 Å². The lowest BCUT2D eigenvalue weighted by molar-refractivity contribution is -0.116. The molecule has 1 fully saturated rings. The molecule has 1 aromatic heterocycles. The van der Waals surface area contributed by atoms with Gasteiger partial charge in [0, 0.05) is 12.7 Å². The third-order valence-corrected chi connectivity index (χ3v) is 6.97. The quantitative estimate of drug-likeness (QED) is 0.689. The molecule has 1 atom stereocenters. The maximum Gasteiger partial charge on any atom is 0.226 e. The Hall–Kier alpha value is -2.50. The van der Waals surface area contributed by atoms with Gasteiger partial charge in [0.25, 0.3) is 0 Å². The van der Waals surface area contributed by atoms with Crippen molar-refractivity contribution in [3.8, 4) is 6.07 Å². The number of sulfone groups is 1. The molecule has 1 aromatic carbocycles. The van der Waals surface area contributed by atoms with Gasteiger partial charge in [-0.05, 0) is 42.4 Å². The van der Waals surface area contributed by atoms with Gasteiger partial charge >= 0.3 is 0 Å². The number of hydrogen-bond acceptors (Lipinski definition) is 6. The highest BCUT2D eigenvalue weighted by molar-refractivity contribution is 7.90. The molecule has 1 heterocycles. The fraction of sp³-hybridized carbons (Fsp3) is 0.429. The highest BCUT2D eigenvalue weighted by Gasteiger charge is 2.29. The summed E-state index contributed by atoms with van der Waals surface area (Å²) in [6.45, 7) is 0. The van der Waals surface area contributed by atoms with Gasteiger partial charge in [-0.25, -0.2) is 13.4 Å². The van der Waals surface area contributed by atoms with Crippen LogP contribution in [0, 0.1) is 17.2 Å². The van der Waals surface area contributed by atoms with E-state index in [-0.39, 0.29) is 34.6 Å². The molecule has 1 aliphatic carbocycles. The van der Waals surface area contributed by atoms with E-state index in [0.29, 0.717) is 17.4 Å². The van der Waals surface area contributed by atoms with Gasteiger partial charge in [-0.1, -0.05) is 30.5 Å². The zero-order valence-electron chi connectivity index (χ0n) is 16.6. The van der Waals surface area contributed by atoms with E-state index in [1.165, 1.54) is 18.5 Å². The van der Waals surface area contributed by atoms with Gasteiger partial charge in [-0.3, -0.25) is 9.78 Å². The minimum atomic E-state index is -3.41. The molecule has 1 N–H and O–H groups in total. The van der Waals surface area contributed by atoms with Crippen LogP contribution in [-0.4, -0.2) is 30.5 Å². The van der Waals surface area contributed by atoms with E-state index < -0.39 is 9.84 Å². The van der Waals surface area contributed by atoms with Crippen molar-refractivity contribution >= 4 is 33.2 Å². The molecule has 1 unspecified atom stereocenters. The monoisotopic (exact) mass is 446 g/mol. The van der Waals surface area contributed by atoms with Crippen LogP contribution in [0.25, 0.3) is 0 Å². The average molecular weight is 447 g/mol. The zero-order chi connectivity index (χ0) is 21.7. The molecule has 158 valence electrons. The van der Waals surface area contributed by atoms with Crippen molar-refractivity contribution in [3.05, 3.63) is 46.9 Å². The van der Waals surface area contributed by atoms with Gasteiger partial charge < -0.3 is 5.32 Å². The lowest BCUT2D eigenvalue weighted by Crippen LogP contribution is -2.20. The molecular weight excluding hydrogens is 424 g/mol. The van der Waals surface area contributed by atoms with Crippen LogP contribution in [0.3, 0.4) is 0 Å². The molecule has 0 saturated heterocycles. The number of nitrogens with zero attached hydrogens (tertiary/aromatic N) is 3. The summed E-state index contributed by atoms with van der Waals surface area (Å²) in [5, 5.41) is 11.6. The Balaban J connectivity index is 1.78. The normalized spacial score (nSPS) is 15.5. The summed E-state index contributed by atoms with van der Waals surface area (Å²) in [4.78, 5) is 21.0. The van der Waals surface area contributed by atoms with Crippen molar-refractivity contribution in [2.75, 3.05) is 11.6 Å². The van der Waals surface area contributed by atoms with Crippen LogP contribution in [0.1, 0.15) is 49.3 Å². The van der Waals surface area contributed by atoms with E-state index in [4.69, 9.17) is 16.9 Å². The van der Waals surface area contributed by atoms with Crippen LogP contribution in [0.5, 0.6) is 0 Å². The largest absolute Gasteiger partial charge is 0.309 e. The highest BCUT2D eigenvalue weighted by atomic mass is 35.5. The molecular formula is C21H23ClN4O3S. The summed E-state index contributed by atoms with van der Waals surface area (Å²) >= 11 is 6.25. The van der Waals surface area contributed by atoms with Gasteiger partial charge in [0.05, 0.1) is 40.5 Å². The van der Waals surface area contributed by atoms with Crippen molar-refractivity contribution in [1.29, 1.82) is 5.26 Å². The zero-order valence-corrected chi connectivity index (χ0v) is 18.2. The standard InChI is InChI=1S/C21H23ClN4O3S/c1-30(28,29)19-7-6-15(10-18(19)22)17(14-4-2-3-5-14)11-21(27)26-20-13-24-16(8-9-23)12-25-20/h6-7,10,12-14,17H,2-5,8,11H2,1H3,(H,25,26,27). The molecule has 1 saturated carbocycles. The first-order valence-electron chi connectivity index (χ1n) is 9.75. The Morgan fingerprint density at radius 3 is 2.60 bits per heavy atom. The number of rotatable bonds is 7. The van der Waals surface area contributed by atoms with Crippen LogP contribution in [-0.2, 0) is 21.1 Å². The first-order valence-corrected chi connectivity index (χ1v) is 12.0. The molecule has 9 heteroatoms. The second kappa shape index (κ2) is 9.54. The van der Waals surface area contributed by atoms with Crippen molar-refractivity contribution in [2.24, 2.45) is 5.92 Å². The first kappa shape index (κ1) is 22.2. The SMILES string of the molecule is CS(=O)(=O)c1ccc(C(CC(=O)Nc2cnc(CC#N)cn2)C2CCCC2)cc1Cl. The number of benzene rings is 1. The molecule has 0 aliphatic heterocycles. The molecule has 2 aromatic rings. The summed E-state index contributed by atoms with van der Waals surface area (Å²) in [5.74, 6) is 0.402. The Morgan fingerprint density at radius 2 is 2.03 bits per heavy atom. The van der Waals surface area contributed by atoms with Gasteiger partial charge in [-0.2, -0.15) is 5.26 Å². The summed E-state index contributed by atoms with van der Waals surface area (Å²) < 4.78 is 23.7. The van der Waals surface area contributed by atoms with Gasteiger partial charge in [-0.15, -0.1) is 0 Å². The minimum absolute atomic E-state index is 0.0653. The fourth-order valence-corrected chi connectivity index (χ4v) is 5.29. The maximum absolute atomic E-state index is 12.7. The van der Waals surface area contributed by atoms with Crippen molar-refractivity contribution in [1.82, 2.24) is 9.97 Å². The van der Waals surface area contributed by atoms with E-state index >= 15 is 0 Å². The van der Waals surface area contributed by atoms with Gasteiger partial charge in [0.1, 0.15) is 0 Å². The number of nitriles is 1. The van der Waals surface area contributed by atoms with Crippen LogP contribution < -0.4 is 5.32 Å². The molecule has 0 spiro atoms. The predicted octanol–water partition coefficient (Wildman–Crippen LogP) is 3.90. The highest BCUT2D eigenvalue weighted by Crippen LogP contribution is 2.40. The number of hydrogen-bond donors (Lipinski definition) is 1. The smallest absolute Gasteiger partial charge is 0.226 e. The lowest BCUT2D eigenvalue weighted by atomic mass is 9.82. The predicted molar refractivity (Wildman–Crippen MR) is 114 cm³/mol. The van der Waals surface area contributed by atoms with Crippen molar-refractivity contribution in [2.45, 2.75) is 49.3 Å². The van der Waals surface area contributed by atoms with E-state index in [9.17, 15) is 13.2 Å². The van der Waals surface area contributed by atoms with Gasteiger partial charge in [0.2, 0.25) is 5.91 Å². The molecule has 1 amide bonds. The second-order valence-corrected chi connectivity index (χ2v) is 9.98. The molecule has 1 aliphatic rings. The Bertz CT molecular complexity index is 1060. The topological polar surface area (TPSA) is 113 Å². The van der Waals surface area contributed by atoms with Gasteiger partial charge in [0.15, 0.2) is 15.7 Å². The number of carbonyl (C=O) groups excluding carboxylic acids is 1. The fourth-order valence-electron chi connectivity index (χ4n) is 3.95. The van der Waals surface area contributed by atoms with E-state index in [1.54, 1.807) is 12.1 Å². The summed E-state index contributed by atoms with van der Waals surface area (Å²) in [7, 11) is -3.41. The van der Waals surface area contributed by atoms with E-state index in [0.717, 1.165) is 37.5 Å². The summed E-state index contributed by atoms with van der Waals surface area (Å²) in [6, 6.07) is 6.95. The second-order valence-electron chi connectivity index (χ2n) is 7.59.